The van der Waals surface area contributed by atoms with Crippen molar-refractivity contribution in [2.75, 3.05) is 19.8 Å². The van der Waals surface area contributed by atoms with Crippen molar-refractivity contribution in [2.45, 2.75) is 25.7 Å². The monoisotopic (exact) mass is 456 g/mol. The minimum Gasteiger partial charge on any atom is -0.489 e. The number of aliphatic hydroxyl groups excluding tert-OH is 1. The number of hydrogen-bond donors (Lipinski definition) is 1. The Balaban J connectivity index is 0.000000300. The summed E-state index contributed by atoms with van der Waals surface area (Å²) in [6.07, 6.45) is -2.06. The number of hydrogen-bond acceptors (Lipinski definition) is 5. The van der Waals surface area contributed by atoms with Gasteiger partial charge < -0.3 is 14.6 Å². The molecule has 0 aliphatic carbocycles. The highest BCUT2D eigenvalue weighted by Gasteiger charge is 2.09. The Bertz CT molecular complexity index is 827. The van der Waals surface area contributed by atoms with Crippen LogP contribution in [0.25, 0.3) is 0 Å². The van der Waals surface area contributed by atoms with Crippen LogP contribution in [0.5, 0.6) is 11.5 Å². The second-order valence-corrected chi connectivity index (χ2v) is 6.78. The molecule has 1 N–H and O–H groups in total. The number of nitriles is 2. The lowest BCUT2D eigenvalue weighted by Crippen LogP contribution is -2.17. The number of aliphatic hydroxyl groups is 1. The fourth-order valence-electron chi connectivity index (χ4n) is 1.96. The lowest BCUT2D eigenvalue weighted by molar-refractivity contribution is 0.123. The van der Waals surface area contributed by atoms with Crippen LogP contribution in [0.3, 0.4) is 0 Å². The highest BCUT2D eigenvalue weighted by atomic mass is 35.5. The van der Waals surface area contributed by atoms with Crippen molar-refractivity contribution in [1.82, 2.24) is 0 Å². The Morgan fingerprint density at radius 1 is 0.900 bits per heavy atom. The summed E-state index contributed by atoms with van der Waals surface area (Å²) < 4.78 is 35.7. The molecule has 0 aliphatic heterocycles. The lowest BCUT2D eigenvalue weighted by atomic mass is 10.2. The van der Waals surface area contributed by atoms with Crippen LogP contribution in [0.4, 0.5) is 8.78 Å². The molecule has 0 amide bonds. The summed E-state index contributed by atoms with van der Waals surface area (Å²) in [4.78, 5) is 0. The van der Waals surface area contributed by atoms with E-state index in [4.69, 9.17) is 48.3 Å². The van der Waals surface area contributed by atoms with E-state index in [1.165, 1.54) is 18.2 Å². The predicted octanol–water partition coefficient (Wildman–Crippen LogP) is 5.26. The van der Waals surface area contributed by atoms with Gasteiger partial charge in [0.15, 0.2) is 6.17 Å². The van der Waals surface area contributed by atoms with Gasteiger partial charge in [-0.2, -0.15) is 10.5 Å². The van der Waals surface area contributed by atoms with Crippen LogP contribution in [0.15, 0.2) is 36.4 Å². The molecule has 0 saturated heterocycles. The van der Waals surface area contributed by atoms with E-state index in [2.05, 4.69) is 0 Å². The van der Waals surface area contributed by atoms with E-state index in [1.807, 2.05) is 12.1 Å². The fraction of sp³-hybridized carbons (Fsp3) is 0.333. The zero-order chi connectivity index (χ0) is 22.5. The summed E-state index contributed by atoms with van der Waals surface area (Å²) in [5.41, 5.74) is 0.568. The summed E-state index contributed by atoms with van der Waals surface area (Å²) >= 11 is 11.4. The average Bonchev–Trinajstić information content (AvgIpc) is 2.76. The van der Waals surface area contributed by atoms with Crippen LogP contribution in [-0.4, -0.2) is 37.3 Å². The summed E-state index contributed by atoms with van der Waals surface area (Å²) in [5, 5.41) is 26.8. The molecule has 0 spiro atoms. The van der Waals surface area contributed by atoms with E-state index in [-0.39, 0.29) is 24.5 Å². The van der Waals surface area contributed by atoms with E-state index in [1.54, 1.807) is 25.1 Å². The van der Waals surface area contributed by atoms with Crippen LogP contribution < -0.4 is 9.47 Å². The van der Waals surface area contributed by atoms with Crippen LogP contribution in [0.1, 0.15) is 24.5 Å². The van der Waals surface area contributed by atoms with Gasteiger partial charge in [0.2, 0.25) is 0 Å². The first kappa shape index (κ1) is 25.5. The smallest absolute Gasteiger partial charge is 0.157 e. The van der Waals surface area contributed by atoms with Gasteiger partial charge in [-0.3, -0.25) is 0 Å². The molecule has 30 heavy (non-hydrogen) atoms. The predicted molar refractivity (Wildman–Crippen MR) is 110 cm³/mol. The molecule has 0 aromatic heterocycles. The molecule has 0 heterocycles. The van der Waals surface area contributed by atoms with Crippen molar-refractivity contribution >= 4 is 23.2 Å². The third-order valence-corrected chi connectivity index (χ3v) is 4.07. The molecule has 2 rings (SSSR count). The highest BCUT2D eigenvalue weighted by molar-refractivity contribution is 6.31. The van der Waals surface area contributed by atoms with E-state index in [9.17, 15) is 8.78 Å². The van der Waals surface area contributed by atoms with Crippen molar-refractivity contribution in [3.05, 3.63) is 57.6 Å². The van der Waals surface area contributed by atoms with Crippen molar-refractivity contribution in [1.29, 1.82) is 10.5 Å². The SMILES string of the molecule is CC[C@H](F)COc1ccc(Cl)cc1C#N.N#Cc1cc(Cl)ccc1OC[C@@H](F)CO. The average molecular weight is 457 g/mol. The molecule has 0 fully saturated rings. The van der Waals surface area contributed by atoms with Crippen LogP contribution >= 0.6 is 23.2 Å². The number of rotatable bonds is 8. The Kier molecular flexibility index (Phi) is 11.5. The molecule has 0 aliphatic rings. The van der Waals surface area contributed by atoms with Crippen molar-refractivity contribution in [3.63, 3.8) is 0 Å². The quantitative estimate of drug-likeness (QED) is 0.585. The standard InChI is InChI=1S/C11H11ClFNO.C10H9ClFNO2/c1-2-10(13)7-15-11-4-3-9(12)5-8(11)6-14;11-8-1-2-10(7(3-8)4-13)15-6-9(12)5-14/h3-5,10H,2,7H2,1H3;1-3,9,14H,5-6H2/t10-;9-/m00/s1. The summed E-state index contributed by atoms with van der Waals surface area (Å²) in [7, 11) is 0. The molecular weight excluding hydrogens is 437 g/mol. The molecule has 2 aromatic rings. The van der Waals surface area contributed by atoms with Gasteiger partial charge in [-0.1, -0.05) is 30.1 Å². The maximum Gasteiger partial charge on any atom is 0.157 e. The first-order valence-electron chi connectivity index (χ1n) is 8.88. The third-order valence-electron chi connectivity index (χ3n) is 3.60. The fourth-order valence-corrected chi connectivity index (χ4v) is 2.31. The minimum atomic E-state index is -1.45. The lowest BCUT2D eigenvalue weighted by Gasteiger charge is -2.09. The van der Waals surface area contributed by atoms with Crippen molar-refractivity contribution < 1.29 is 23.4 Å². The number of halogens is 4. The second kappa shape index (κ2) is 13.6. The molecule has 0 saturated carbocycles. The Labute approximate surface area is 184 Å². The van der Waals surface area contributed by atoms with Gasteiger partial charge in [0.25, 0.3) is 0 Å². The van der Waals surface area contributed by atoms with Crippen molar-refractivity contribution in [3.8, 4) is 23.6 Å². The molecule has 9 heteroatoms. The first-order chi connectivity index (χ1) is 14.3. The zero-order valence-corrected chi connectivity index (χ0v) is 17.6. The number of ether oxygens (including phenoxy) is 2. The van der Waals surface area contributed by atoms with Gasteiger partial charge >= 0.3 is 0 Å². The number of nitrogens with zero attached hydrogens (tertiary/aromatic N) is 2. The van der Waals surface area contributed by atoms with Gasteiger partial charge in [0.05, 0.1) is 17.7 Å². The molecule has 2 atom stereocenters. The maximum absolute atomic E-state index is 12.9. The summed E-state index contributed by atoms with van der Waals surface area (Å²) in [6.45, 7) is 0.816. The van der Waals surface area contributed by atoms with E-state index in [0.29, 0.717) is 27.8 Å². The summed E-state index contributed by atoms with van der Waals surface area (Å²) in [5.74, 6) is 0.635. The van der Waals surface area contributed by atoms with Crippen LogP contribution in [0, 0.1) is 22.7 Å². The van der Waals surface area contributed by atoms with Crippen LogP contribution in [0.2, 0.25) is 10.0 Å². The van der Waals surface area contributed by atoms with Gasteiger partial charge in [0.1, 0.15) is 43.0 Å². The number of alkyl halides is 2. The molecule has 5 nitrogen and oxygen atoms in total. The van der Waals surface area contributed by atoms with E-state index >= 15 is 0 Å². The van der Waals surface area contributed by atoms with Crippen molar-refractivity contribution in [2.24, 2.45) is 0 Å². The minimum absolute atomic E-state index is 0.0349. The van der Waals surface area contributed by atoms with Crippen LogP contribution in [-0.2, 0) is 0 Å². The Morgan fingerprint density at radius 3 is 1.70 bits per heavy atom. The number of benzene rings is 2. The van der Waals surface area contributed by atoms with Gasteiger partial charge in [-0.05, 0) is 42.8 Å². The molecular formula is C21H20Cl2F2N2O3. The summed E-state index contributed by atoms with van der Waals surface area (Å²) in [6, 6.07) is 13.0. The first-order valence-corrected chi connectivity index (χ1v) is 9.64. The topological polar surface area (TPSA) is 86.3 Å². The van der Waals surface area contributed by atoms with Gasteiger partial charge in [-0.15, -0.1) is 0 Å². The molecule has 2 aromatic carbocycles. The normalized spacial score (nSPS) is 11.9. The largest absolute Gasteiger partial charge is 0.489 e. The zero-order valence-electron chi connectivity index (χ0n) is 16.1. The molecule has 160 valence electrons. The van der Waals surface area contributed by atoms with Gasteiger partial charge in [0, 0.05) is 10.0 Å². The Hall–Kier alpha value is -2.58. The van der Waals surface area contributed by atoms with Gasteiger partial charge in [-0.25, -0.2) is 8.78 Å². The van der Waals surface area contributed by atoms with E-state index < -0.39 is 19.0 Å². The van der Waals surface area contributed by atoms with E-state index in [0.717, 1.165) is 0 Å². The Morgan fingerprint density at radius 2 is 1.33 bits per heavy atom. The molecule has 0 unspecified atom stereocenters. The molecule has 0 radical (unpaired) electrons. The molecule has 0 bridgehead atoms. The third kappa shape index (κ3) is 8.84. The highest BCUT2D eigenvalue weighted by Crippen LogP contribution is 2.23. The maximum atomic E-state index is 12.9. The second-order valence-electron chi connectivity index (χ2n) is 5.91.